The number of likely N-dealkylation sites (tertiary alicyclic amines) is 2. The van der Waals surface area contributed by atoms with Crippen LogP contribution in [0.3, 0.4) is 0 Å². The lowest BCUT2D eigenvalue weighted by atomic mass is 9.72. The number of hydrogen-bond acceptors (Lipinski definition) is 3. The second-order valence-electron chi connectivity index (χ2n) is 8.73. The SMILES string of the molecule is O=C(CC1CCN(C(=O)C2(c3ccc(Br)cc3)CCOCC2)CC1)N1CCCC1. The number of amides is 2. The average Bonchev–Trinajstić information content (AvgIpc) is 3.30. The Balaban J connectivity index is 1.40. The molecule has 158 valence electrons. The van der Waals surface area contributed by atoms with Gasteiger partial charge in [-0.3, -0.25) is 9.59 Å². The molecule has 3 heterocycles. The first-order valence-electron chi connectivity index (χ1n) is 11.0. The number of nitrogens with zero attached hydrogens (tertiary/aromatic N) is 2. The minimum atomic E-state index is -0.475. The number of hydrogen-bond donors (Lipinski definition) is 0. The summed E-state index contributed by atoms with van der Waals surface area (Å²) in [6, 6.07) is 8.20. The van der Waals surface area contributed by atoms with Gasteiger partial charge in [-0.2, -0.15) is 0 Å². The van der Waals surface area contributed by atoms with Gasteiger partial charge >= 0.3 is 0 Å². The van der Waals surface area contributed by atoms with E-state index in [-0.39, 0.29) is 5.91 Å². The fourth-order valence-electron chi connectivity index (χ4n) is 5.10. The van der Waals surface area contributed by atoms with Crippen LogP contribution < -0.4 is 0 Å². The summed E-state index contributed by atoms with van der Waals surface area (Å²) in [5.41, 5.74) is 0.622. The van der Waals surface area contributed by atoms with Crippen LogP contribution in [0.15, 0.2) is 28.7 Å². The normalized spacial score (nSPS) is 22.7. The zero-order valence-corrected chi connectivity index (χ0v) is 18.7. The molecular formula is C23H31BrN2O3. The molecule has 5 nitrogen and oxygen atoms in total. The lowest BCUT2D eigenvalue weighted by Crippen LogP contribution is -2.52. The van der Waals surface area contributed by atoms with Crippen molar-refractivity contribution in [3.8, 4) is 0 Å². The predicted octanol–water partition coefficient (Wildman–Crippen LogP) is 3.75. The quantitative estimate of drug-likeness (QED) is 0.684. The van der Waals surface area contributed by atoms with E-state index in [1.54, 1.807) is 0 Å². The molecule has 29 heavy (non-hydrogen) atoms. The Morgan fingerprint density at radius 1 is 0.966 bits per heavy atom. The lowest BCUT2D eigenvalue weighted by Gasteiger charge is -2.42. The van der Waals surface area contributed by atoms with E-state index in [0.717, 1.165) is 74.7 Å². The van der Waals surface area contributed by atoms with Gasteiger partial charge in [0.15, 0.2) is 0 Å². The van der Waals surface area contributed by atoms with Crippen molar-refractivity contribution in [2.75, 3.05) is 39.4 Å². The van der Waals surface area contributed by atoms with E-state index in [9.17, 15) is 9.59 Å². The third kappa shape index (κ3) is 4.53. The first-order valence-corrected chi connectivity index (χ1v) is 11.8. The van der Waals surface area contributed by atoms with Gasteiger partial charge in [0.1, 0.15) is 0 Å². The molecule has 3 aliphatic heterocycles. The highest BCUT2D eigenvalue weighted by Crippen LogP contribution is 2.38. The van der Waals surface area contributed by atoms with Gasteiger partial charge < -0.3 is 14.5 Å². The summed E-state index contributed by atoms with van der Waals surface area (Å²) in [6.07, 6.45) is 6.26. The molecule has 3 saturated heterocycles. The highest BCUT2D eigenvalue weighted by atomic mass is 79.9. The summed E-state index contributed by atoms with van der Waals surface area (Å²) < 4.78 is 6.62. The van der Waals surface area contributed by atoms with Crippen LogP contribution in [0.25, 0.3) is 0 Å². The highest BCUT2D eigenvalue weighted by molar-refractivity contribution is 9.10. The maximum atomic E-state index is 13.7. The van der Waals surface area contributed by atoms with E-state index in [1.165, 1.54) is 0 Å². The van der Waals surface area contributed by atoms with Gasteiger partial charge in [-0.05, 0) is 62.1 Å². The number of rotatable bonds is 4. The third-order valence-corrected chi connectivity index (χ3v) is 7.51. The molecule has 2 amide bonds. The van der Waals surface area contributed by atoms with Crippen molar-refractivity contribution in [3.63, 3.8) is 0 Å². The Hall–Kier alpha value is -1.40. The van der Waals surface area contributed by atoms with Gasteiger partial charge in [0.25, 0.3) is 0 Å². The van der Waals surface area contributed by atoms with E-state index >= 15 is 0 Å². The smallest absolute Gasteiger partial charge is 0.233 e. The largest absolute Gasteiger partial charge is 0.381 e. The second kappa shape index (κ2) is 9.17. The molecule has 0 aliphatic carbocycles. The molecule has 4 rings (SSSR count). The van der Waals surface area contributed by atoms with Gasteiger partial charge in [-0.25, -0.2) is 0 Å². The van der Waals surface area contributed by atoms with Crippen molar-refractivity contribution in [1.29, 1.82) is 0 Å². The standard InChI is InChI=1S/C23H31BrN2O3/c24-20-5-3-19(4-6-20)23(9-15-29-16-10-23)22(28)26-13-7-18(8-14-26)17-21(27)25-11-1-2-12-25/h3-6,18H,1-2,7-17H2. The average molecular weight is 463 g/mol. The predicted molar refractivity (Wildman–Crippen MR) is 116 cm³/mol. The molecule has 0 unspecified atom stereocenters. The Labute approximate surface area is 181 Å². The number of halogens is 1. The molecule has 0 radical (unpaired) electrons. The number of piperidine rings is 1. The van der Waals surface area contributed by atoms with Crippen molar-refractivity contribution < 1.29 is 14.3 Å². The van der Waals surface area contributed by atoms with Gasteiger partial charge in [-0.15, -0.1) is 0 Å². The van der Waals surface area contributed by atoms with Crippen LogP contribution in [0.4, 0.5) is 0 Å². The molecule has 0 aromatic heterocycles. The molecule has 6 heteroatoms. The van der Waals surface area contributed by atoms with Crippen LogP contribution >= 0.6 is 15.9 Å². The zero-order valence-electron chi connectivity index (χ0n) is 17.1. The zero-order chi connectivity index (χ0) is 20.3. The summed E-state index contributed by atoms with van der Waals surface area (Å²) in [7, 11) is 0. The first kappa shape index (κ1) is 20.9. The van der Waals surface area contributed by atoms with Gasteiger partial charge in [0.2, 0.25) is 11.8 Å². The summed E-state index contributed by atoms with van der Waals surface area (Å²) in [6.45, 7) is 4.62. The van der Waals surface area contributed by atoms with Crippen LogP contribution in [-0.4, -0.2) is 61.0 Å². The molecule has 1 aromatic carbocycles. The third-order valence-electron chi connectivity index (χ3n) is 6.98. The van der Waals surface area contributed by atoms with E-state index in [1.807, 2.05) is 21.9 Å². The molecular weight excluding hydrogens is 432 g/mol. The van der Waals surface area contributed by atoms with E-state index in [0.29, 0.717) is 31.5 Å². The maximum Gasteiger partial charge on any atom is 0.233 e. The summed E-state index contributed by atoms with van der Waals surface area (Å²) in [5, 5.41) is 0. The highest BCUT2D eigenvalue weighted by Gasteiger charge is 2.44. The van der Waals surface area contributed by atoms with Crippen LogP contribution in [0.2, 0.25) is 0 Å². The van der Waals surface area contributed by atoms with Crippen molar-refractivity contribution in [2.24, 2.45) is 5.92 Å². The lowest BCUT2D eigenvalue weighted by molar-refractivity contribution is -0.143. The fraction of sp³-hybridized carbons (Fsp3) is 0.652. The fourth-order valence-corrected chi connectivity index (χ4v) is 5.36. The minimum absolute atomic E-state index is 0.243. The van der Waals surface area contributed by atoms with Crippen LogP contribution in [0.1, 0.15) is 50.5 Å². The Morgan fingerprint density at radius 2 is 1.59 bits per heavy atom. The summed E-state index contributed by atoms with van der Waals surface area (Å²) >= 11 is 3.50. The van der Waals surface area contributed by atoms with E-state index in [4.69, 9.17) is 4.74 Å². The van der Waals surface area contributed by atoms with Crippen LogP contribution in [0.5, 0.6) is 0 Å². The Kier molecular flexibility index (Phi) is 6.60. The molecule has 3 aliphatic rings. The summed E-state index contributed by atoms with van der Waals surface area (Å²) in [4.78, 5) is 30.2. The van der Waals surface area contributed by atoms with Crippen LogP contribution in [-0.2, 0) is 19.7 Å². The van der Waals surface area contributed by atoms with Gasteiger partial charge in [0.05, 0.1) is 5.41 Å². The molecule has 0 spiro atoms. The van der Waals surface area contributed by atoms with Crippen molar-refractivity contribution in [2.45, 2.75) is 50.4 Å². The monoisotopic (exact) mass is 462 g/mol. The molecule has 0 N–H and O–H groups in total. The summed E-state index contributed by atoms with van der Waals surface area (Å²) in [5.74, 6) is 0.959. The molecule has 1 aromatic rings. The maximum absolute atomic E-state index is 13.7. The van der Waals surface area contributed by atoms with E-state index in [2.05, 4.69) is 28.1 Å². The molecule has 3 fully saturated rings. The molecule has 0 saturated carbocycles. The number of benzene rings is 1. The number of carbonyl (C=O) groups is 2. The Bertz CT molecular complexity index is 716. The van der Waals surface area contributed by atoms with Crippen molar-refractivity contribution in [3.05, 3.63) is 34.3 Å². The molecule has 0 atom stereocenters. The Morgan fingerprint density at radius 3 is 2.21 bits per heavy atom. The molecule has 0 bridgehead atoms. The van der Waals surface area contributed by atoms with E-state index < -0.39 is 5.41 Å². The van der Waals surface area contributed by atoms with Crippen LogP contribution in [0, 0.1) is 5.92 Å². The number of carbonyl (C=O) groups excluding carboxylic acids is 2. The van der Waals surface area contributed by atoms with Gasteiger partial charge in [0, 0.05) is 50.3 Å². The first-order chi connectivity index (χ1) is 14.1. The minimum Gasteiger partial charge on any atom is -0.381 e. The number of ether oxygens (including phenoxy) is 1. The topological polar surface area (TPSA) is 49.9 Å². The second-order valence-corrected chi connectivity index (χ2v) is 9.64. The van der Waals surface area contributed by atoms with Gasteiger partial charge in [-0.1, -0.05) is 28.1 Å². The van der Waals surface area contributed by atoms with Crippen molar-refractivity contribution in [1.82, 2.24) is 9.80 Å². The van der Waals surface area contributed by atoms with Crippen molar-refractivity contribution >= 4 is 27.7 Å².